The van der Waals surface area contributed by atoms with Gasteiger partial charge in [-0.2, -0.15) is 0 Å². The molecule has 0 radical (unpaired) electrons. The monoisotopic (exact) mass is 377 g/mol. The Morgan fingerprint density at radius 3 is 2.26 bits per heavy atom. The summed E-state index contributed by atoms with van der Waals surface area (Å²) in [5.41, 5.74) is 0.890. The van der Waals surface area contributed by atoms with E-state index in [2.05, 4.69) is 21.2 Å². The molecular weight excluding hydrogens is 362 g/mol. The second-order valence-electron chi connectivity index (χ2n) is 4.84. The van der Waals surface area contributed by atoms with E-state index in [1.165, 1.54) is 7.11 Å². The van der Waals surface area contributed by atoms with Crippen LogP contribution in [-0.2, 0) is 9.53 Å². The van der Waals surface area contributed by atoms with E-state index in [9.17, 15) is 14.7 Å². The summed E-state index contributed by atoms with van der Waals surface area (Å²) in [6.07, 6.45) is -1.22. The number of amides is 1. The van der Waals surface area contributed by atoms with Gasteiger partial charge in [0.05, 0.1) is 7.11 Å². The van der Waals surface area contributed by atoms with Crippen LogP contribution in [-0.4, -0.2) is 30.1 Å². The molecule has 1 amide bonds. The van der Waals surface area contributed by atoms with E-state index in [1.807, 2.05) is 0 Å². The van der Waals surface area contributed by atoms with Crippen LogP contribution >= 0.6 is 15.9 Å². The number of ether oxygens (including phenoxy) is 1. The minimum Gasteiger partial charge on any atom is -0.467 e. The second kappa shape index (κ2) is 7.89. The molecule has 0 heterocycles. The zero-order valence-electron chi connectivity index (χ0n) is 12.4. The Hall–Kier alpha value is -2.18. The van der Waals surface area contributed by atoms with E-state index in [-0.39, 0.29) is 0 Å². The summed E-state index contributed by atoms with van der Waals surface area (Å²) in [4.78, 5) is 24.2. The lowest BCUT2D eigenvalue weighted by Crippen LogP contribution is -2.45. The minimum absolute atomic E-state index is 0.393. The van der Waals surface area contributed by atoms with E-state index in [1.54, 1.807) is 54.6 Å². The van der Waals surface area contributed by atoms with Crippen molar-refractivity contribution in [2.24, 2.45) is 0 Å². The SMILES string of the molecule is COC(=O)[C@H](NC(=O)c1ccccc1)[C@H](O)c1ccc(Br)cc1. The maximum atomic E-state index is 12.2. The van der Waals surface area contributed by atoms with Crippen molar-refractivity contribution in [1.82, 2.24) is 5.32 Å². The smallest absolute Gasteiger partial charge is 0.331 e. The molecule has 5 nitrogen and oxygen atoms in total. The van der Waals surface area contributed by atoms with Crippen molar-refractivity contribution in [3.05, 3.63) is 70.2 Å². The fourth-order valence-electron chi connectivity index (χ4n) is 2.06. The molecule has 2 aromatic rings. The fraction of sp³-hybridized carbons (Fsp3) is 0.176. The average molecular weight is 378 g/mol. The van der Waals surface area contributed by atoms with Crippen molar-refractivity contribution in [2.45, 2.75) is 12.1 Å². The molecule has 0 aliphatic carbocycles. The summed E-state index contributed by atoms with van der Waals surface area (Å²) in [6, 6.07) is 14.1. The molecule has 0 saturated heterocycles. The van der Waals surface area contributed by atoms with Gasteiger partial charge in [0.15, 0.2) is 6.04 Å². The Morgan fingerprint density at radius 1 is 1.09 bits per heavy atom. The number of benzene rings is 2. The van der Waals surface area contributed by atoms with Crippen molar-refractivity contribution in [2.75, 3.05) is 7.11 Å². The van der Waals surface area contributed by atoms with E-state index in [0.29, 0.717) is 11.1 Å². The molecule has 23 heavy (non-hydrogen) atoms. The summed E-state index contributed by atoms with van der Waals surface area (Å²) in [5, 5.41) is 13.0. The molecule has 0 aromatic heterocycles. The Balaban J connectivity index is 2.21. The Kier molecular flexibility index (Phi) is 5.90. The molecule has 2 aromatic carbocycles. The molecule has 2 atom stereocenters. The highest BCUT2D eigenvalue weighted by molar-refractivity contribution is 9.10. The zero-order chi connectivity index (χ0) is 16.8. The first-order valence-electron chi connectivity index (χ1n) is 6.90. The van der Waals surface area contributed by atoms with Gasteiger partial charge < -0.3 is 15.2 Å². The van der Waals surface area contributed by atoms with Gasteiger partial charge in [0.1, 0.15) is 6.10 Å². The highest BCUT2D eigenvalue weighted by Crippen LogP contribution is 2.21. The van der Waals surface area contributed by atoms with Crippen LogP contribution in [0.4, 0.5) is 0 Å². The Morgan fingerprint density at radius 2 is 1.70 bits per heavy atom. The number of aliphatic hydroxyl groups is 1. The Labute approximate surface area is 142 Å². The van der Waals surface area contributed by atoms with Crippen molar-refractivity contribution >= 4 is 27.8 Å². The van der Waals surface area contributed by atoms with Crippen LogP contribution in [0.1, 0.15) is 22.0 Å². The highest BCUT2D eigenvalue weighted by Gasteiger charge is 2.30. The first kappa shape index (κ1) is 17.2. The summed E-state index contributed by atoms with van der Waals surface area (Å²) in [5.74, 6) is -1.18. The summed E-state index contributed by atoms with van der Waals surface area (Å²) >= 11 is 3.30. The molecule has 6 heteroatoms. The summed E-state index contributed by atoms with van der Waals surface area (Å²) in [6.45, 7) is 0. The molecule has 0 bridgehead atoms. The fourth-order valence-corrected chi connectivity index (χ4v) is 2.32. The average Bonchev–Trinajstić information content (AvgIpc) is 2.59. The van der Waals surface area contributed by atoms with Crippen molar-refractivity contribution in [1.29, 1.82) is 0 Å². The predicted molar refractivity (Wildman–Crippen MR) is 88.8 cm³/mol. The summed E-state index contributed by atoms with van der Waals surface area (Å²) < 4.78 is 5.54. The molecule has 0 spiro atoms. The van der Waals surface area contributed by atoms with Gasteiger partial charge in [-0.1, -0.05) is 46.3 Å². The lowest BCUT2D eigenvalue weighted by atomic mass is 10.0. The van der Waals surface area contributed by atoms with Crippen molar-refractivity contribution in [3.63, 3.8) is 0 Å². The molecule has 2 N–H and O–H groups in total. The van der Waals surface area contributed by atoms with Crippen LogP contribution in [0.5, 0.6) is 0 Å². The maximum absolute atomic E-state index is 12.2. The zero-order valence-corrected chi connectivity index (χ0v) is 14.0. The second-order valence-corrected chi connectivity index (χ2v) is 5.75. The third kappa shape index (κ3) is 4.40. The number of methoxy groups -OCH3 is 1. The van der Waals surface area contributed by atoms with Gasteiger partial charge in [-0.15, -0.1) is 0 Å². The number of aliphatic hydroxyl groups excluding tert-OH is 1. The lowest BCUT2D eigenvalue weighted by Gasteiger charge is -2.22. The van der Waals surface area contributed by atoms with Gasteiger partial charge in [0.2, 0.25) is 0 Å². The van der Waals surface area contributed by atoms with Crippen LogP contribution in [0.25, 0.3) is 0 Å². The van der Waals surface area contributed by atoms with Crippen LogP contribution < -0.4 is 5.32 Å². The molecule has 0 unspecified atom stereocenters. The first-order valence-corrected chi connectivity index (χ1v) is 7.69. The molecule has 0 fully saturated rings. The Bertz CT molecular complexity index is 673. The topological polar surface area (TPSA) is 75.6 Å². The van der Waals surface area contributed by atoms with Gasteiger partial charge >= 0.3 is 5.97 Å². The third-order valence-electron chi connectivity index (χ3n) is 3.30. The number of esters is 1. The van der Waals surface area contributed by atoms with Gasteiger partial charge in [0.25, 0.3) is 5.91 Å². The van der Waals surface area contributed by atoms with Crippen molar-refractivity contribution < 1.29 is 19.4 Å². The van der Waals surface area contributed by atoms with Crippen molar-refractivity contribution in [3.8, 4) is 0 Å². The molecule has 2 rings (SSSR count). The van der Waals surface area contributed by atoms with E-state index in [0.717, 1.165) is 4.47 Å². The number of halogens is 1. The molecule has 0 aliphatic rings. The third-order valence-corrected chi connectivity index (χ3v) is 3.83. The first-order chi connectivity index (χ1) is 11.0. The quantitative estimate of drug-likeness (QED) is 0.784. The predicted octanol–water partition coefficient (Wildman–Crippen LogP) is 2.45. The molecular formula is C17H16BrNO4. The standard InChI is InChI=1S/C17H16BrNO4/c1-23-17(22)14(15(20)11-7-9-13(18)10-8-11)19-16(21)12-5-3-2-4-6-12/h2-10,14-15,20H,1H3,(H,19,21)/t14-,15-/m1/s1. The van der Waals surface area contributed by atoms with Crippen LogP contribution in [0.2, 0.25) is 0 Å². The number of carbonyl (C=O) groups excluding carboxylic acids is 2. The number of nitrogens with one attached hydrogen (secondary N) is 1. The van der Waals surface area contributed by atoms with Crippen LogP contribution in [0, 0.1) is 0 Å². The number of hydrogen-bond acceptors (Lipinski definition) is 4. The maximum Gasteiger partial charge on any atom is 0.331 e. The van der Waals surface area contributed by atoms with E-state index >= 15 is 0 Å². The van der Waals surface area contributed by atoms with Gasteiger partial charge in [-0.3, -0.25) is 4.79 Å². The number of carbonyl (C=O) groups is 2. The van der Waals surface area contributed by atoms with E-state index in [4.69, 9.17) is 4.74 Å². The minimum atomic E-state index is -1.22. The normalized spacial score (nSPS) is 13.0. The highest BCUT2D eigenvalue weighted by atomic mass is 79.9. The van der Waals surface area contributed by atoms with E-state index < -0.39 is 24.0 Å². The van der Waals surface area contributed by atoms with Crippen LogP contribution in [0.15, 0.2) is 59.1 Å². The lowest BCUT2D eigenvalue weighted by molar-refractivity contribution is -0.146. The summed E-state index contributed by atoms with van der Waals surface area (Å²) in [7, 11) is 1.21. The molecule has 0 aliphatic heterocycles. The van der Waals surface area contributed by atoms with Crippen LogP contribution in [0.3, 0.4) is 0 Å². The van der Waals surface area contributed by atoms with Gasteiger partial charge in [-0.05, 0) is 29.8 Å². The molecule has 120 valence electrons. The largest absolute Gasteiger partial charge is 0.467 e. The van der Waals surface area contributed by atoms with Gasteiger partial charge in [-0.25, -0.2) is 4.79 Å². The number of hydrogen-bond donors (Lipinski definition) is 2. The number of rotatable bonds is 5. The molecule has 0 saturated carbocycles. The van der Waals surface area contributed by atoms with Gasteiger partial charge in [0, 0.05) is 10.0 Å².